The minimum Gasteiger partial charge on any atom is -0.352 e. The molecular weight excluding hydrogens is 368 g/mol. The van der Waals surface area contributed by atoms with Crippen LogP contribution in [0.25, 0.3) is 0 Å². The number of rotatable bonds is 5. The number of amidine groups is 1. The third kappa shape index (κ3) is 4.08. The number of carbonyl (C=O) groups is 1. The fourth-order valence-electron chi connectivity index (χ4n) is 2.90. The number of hydrogen-bond acceptors (Lipinski definition) is 5. The number of aromatic amines is 1. The number of carbonyl (C=O) groups excluding carboxylic acids is 1. The summed E-state index contributed by atoms with van der Waals surface area (Å²) in [6, 6.07) is 8.39. The van der Waals surface area contributed by atoms with E-state index < -0.39 is 10.0 Å². The SMILES string of the molecule is Cc1cc(C)c(CNC(=O)CCN=C2NS(=O)(=O)c3ccccc32)c(=O)[nH]1. The molecule has 0 spiro atoms. The zero-order valence-electron chi connectivity index (χ0n) is 15.0. The van der Waals surface area contributed by atoms with Crippen molar-refractivity contribution in [3.63, 3.8) is 0 Å². The topological polar surface area (TPSA) is 120 Å². The highest BCUT2D eigenvalue weighted by molar-refractivity contribution is 7.90. The second-order valence-electron chi connectivity index (χ2n) is 6.30. The highest BCUT2D eigenvalue weighted by Crippen LogP contribution is 2.22. The molecule has 1 aliphatic rings. The number of H-pyrrole nitrogens is 1. The average molecular weight is 388 g/mol. The van der Waals surface area contributed by atoms with Gasteiger partial charge in [0.05, 0.1) is 11.4 Å². The summed E-state index contributed by atoms with van der Waals surface area (Å²) in [6.45, 7) is 3.87. The van der Waals surface area contributed by atoms with Crippen LogP contribution in [0, 0.1) is 13.8 Å². The normalized spacial score (nSPS) is 16.0. The Kier molecular flexibility index (Phi) is 5.13. The van der Waals surface area contributed by atoms with Crippen LogP contribution in [-0.2, 0) is 21.4 Å². The molecule has 2 aromatic rings. The maximum absolute atomic E-state index is 12.0. The molecule has 142 valence electrons. The smallest absolute Gasteiger partial charge is 0.263 e. The summed E-state index contributed by atoms with van der Waals surface area (Å²) in [5.74, 6) is -0.0305. The van der Waals surface area contributed by atoms with E-state index in [1.165, 1.54) is 6.07 Å². The Morgan fingerprint density at radius 3 is 2.70 bits per heavy atom. The number of hydrogen-bond donors (Lipinski definition) is 3. The van der Waals surface area contributed by atoms with E-state index in [-0.39, 0.29) is 41.7 Å². The maximum atomic E-state index is 12.0. The van der Waals surface area contributed by atoms with E-state index in [4.69, 9.17) is 0 Å². The van der Waals surface area contributed by atoms with Crippen LogP contribution in [0.1, 0.15) is 28.8 Å². The lowest BCUT2D eigenvalue weighted by Crippen LogP contribution is -2.28. The van der Waals surface area contributed by atoms with Crippen LogP contribution in [0.5, 0.6) is 0 Å². The molecule has 1 amide bonds. The van der Waals surface area contributed by atoms with Crippen molar-refractivity contribution < 1.29 is 13.2 Å². The van der Waals surface area contributed by atoms with E-state index in [1.807, 2.05) is 13.0 Å². The third-order valence-corrected chi connectivity index (χ3v) is 5.62. The molecule has 0 radical (unpaired) electrons. The van der Waals surface area contributed by atoms with Crippen molar-refractivity contribution in [3.05, 3.63) is 63.1 Å². The predicted octanol–water partition coefficient (Wildman–Crippen LogP) is 0.737. The van der Waals surface area contributed by atoms with E-state index in [0.717, 1.165) is 11.3 Å². The molecule has 0 saturated heterocycles. The van der Waals surface area contributed by atoms with Gasteiger partial charge >= 0.3 is 0 Å². The first-order chi connectivity index (χ1) is 12.8. The van der Waals surface area contributed by atoms with E-state index in [0.29, 0.717) is 11.1 Å². The molecule has 1 aromatic heterocycles. The highest BCUT2D eigenvalue weighted by atomic mass is 32.2. The van der Waals surface area contributed by atoms with Crippen LogP contribution < -0.4 is 15.6 Å². The molecule has 0 atom stereocenters. The molecule has 8 nitrogen and oxygen atoms in total. The van der Waals surface area contributed by atoms with Crippen molar-refractivity contribution in [1.82, 2.24) is 15.0 Å². The van der Waals surface area contributed by atoms with Crippen LogP contribution in [0.4, 0.5) is 0 Å². The van der Waals surface area contributed by atoms with Crippen LogP contribution in [0.3, 0.4) is 0 Å². The number of aliphatic imine (C=N–C) groups is 1. The average Bonchev–Trinajstić information content (AvgIpc) is 2.85. The van der Waals surface area contributed by atoms with Gasteiger partial charge in [-0.1, -0.05) is 12.1 Å². The summed E-state index contributed by atoms with van der Waals surface area (Å²) in [4.78, 5) is 31.1. The van der Waals surface area contributed by atoms with Gasteiger partial charge in [-0.15, -0.1) is 0 Å². The van der Waals surface area contributed by atoms with Crippen LogP contribution >= 0.6 is 0 Å². The zero-order chi connectivity index (χ0) is 19.6. The molecule has 9 heteroatoms. The lowest BCUT2D eigenvalue weighted by Gasteiger charge is -2.07. The molecule has 3 N–H and O–H groups in total. The Bertz CT molecular complexity index is 1090. The number of nitrogens with one attached hydrogen (secondary N) is 3. The summed E-state index contributed by atoms with van der Waals surface area (Å²) in [7, 11) is -3.58. The molecule has 1 aliphatic heterocycles. The summed E-state index contributed by atoms with van der Waals surface area (Å²) >= 11 is 0. The minimum atomic E-state index is -3.58. The molecule has 0 fully saturated rings. The molecule has 0 unspecified atom stereocenters. The van der Waals surface area contributed by atoms with Gasteiger partial charge in [-0.05, 0) is 37.6 Å². The van der Waals surface area contributed by atoms with Crippen molar-refractivity contribution in [2.24, 2.45) is 4.99 Å². The molecule has 2 heterocycles. The van der Waals surface area contributed by atoms with Gasteiger partial charge in [0.2, 0.25) is 5.91 Å². The Hall–Kier alpha value is -2.94. The monoisotopic (exact) mass is 388 g/mol. The van der Waals surface area contributed by atoms with Gasteiger partial charge in [0.1, 0.15) is 5.84 Å². The predicted molar refractivity (Wildman–Crippen MR) is 101 cm³/mol. The van der Waals surface area contributed by atoms with Gasteiger partial charge in [0.15, 0.2) is 0 Å². The summed E-state index contributed by atoms with van der Waals surface area (Å²) in [5, 5.41) is 2.69. The van der Waals surface area contributed by atoms with Crippen molar-refractivity contribution in [1.29, 1.82) is 0 Å². The molecule has 0 aliphatic carbocycles. The van der Waals surface area contributed by atoms with E-state index in [2.05, 4.69) is 20.0 Å². The molecule has 0 saturated carbocycles. The molecule has 1 aromatic carbocycles. The molecule has 0 bridgehead atoms. The number of aryl methyl sites for hydroxylation is 2. The lowest BCUT2D eigenvalue weighted by molar-refractivity contribution is -0.121. The number of fused-ring (bicyclic) bond motifs is 1. The van der Waals surface area contributed by atoms with Gasteiger partial charge in [-0.25, -0.2) is 8.42 Å². The van der Waals surface area contributed by atoms with Crippen LogP contribution in [0.2, 0.25) is 0 Å². The first-order valence-corrected chi connectivity index (χ1v) is 9.89. The van der Waals surface area contributed by atoms with Crippen LogP contribution in [0.15, 0.2) is 45.0 Å². The van der Waals surface area contributed by atoms with Crippen molar-refractivity contribution in [2.75, 3.05) is 6.54 Å². The lowest BCUT2D eigenvalue weighted by atomic mass is 10.1. The quantitative estimate of drug-likeness (QED) is 0.699. The van der Waals surface area contributed by atoms with Crippen molar-refractivity contribution in [3.8, 4) is 0 Å². The summed E-state index contributed by atoms with van der Waals surface area (Å²) in [5.41, 5.74) is 2.37. The first-order valence-electron chi connectivity index (χ1n) is 8.41. The van der Waals surface area contributed by atoms with Gasteiger partial charge < -0.3 is 10.3 Å². The Morgan fingerprint density at radius 2 is 1.96 bits per heavy atom. The Labute approximate surface area is 156 Å². The van der Waals surface area contributed by atoms with Gasteiger partial charge in [-0.3, -0.25) is 19.3 Å². The van der Waals surface area contributed by atoms with E-state index in [1.54, 1.807) is 25.1 Å². The summed E-state index contributed by atoms with van der Waals surface area (Å²) < 4.78 is 26.4. The second kappa shape index (κ2) is 7.36. The van der Waals surface area contributed by atoms with Crippen LogP contribution in [-0.4, -0.2) is 31.7 Å². The van der Waals surface area contributed by atoms with E-state index >= 15 is 0 Å². The zero-order valence-corrected chi connectivity index (χ0v) is 15.8. The van der Waals surface area contributed by atoms with Crippen molar-refractivity contribution in [2.45, 2.75) is 31.7 Å². The Balaban J connectivity index is 1.60. The minimum absolute atomic E-state index is 0.0796. The van der Waals surface area contributed by atoms with Crippen molar-refractivity contribution >= 4 is 21.8 Å². The van der Waals surface area contributed by atoms with E-state index in [9.17, 15) is 18.0 Å². The van der Waals surface area contributed by atoms with Gasteiger partial charge in [-0.2, -0.15) is 0 Å². The molecule has 27 heavy (non-hydrogen) atoms. The standard InChI is InChI=1S/C18H20N4O4S/c1-11-9-12(2)21-18(24)14(11)10-20-16(23)7-8-19-17-13-5-3-4-6-15(13)27(25,26)22-17/h3-6,9H,7-8,10H2,1-2H3,(H,19,22)(H,20,23)(H,21,24). The maximum Gasteiger partial charge on any atom is 0.263 e. The molecule has 3 rings (SSSR count). The van der Waals surface area contributed by atoms with Gasteiger partial charge in [0.25, 0.3) is 15.6 Å². The number of sulfonamides is 1. The number of aromatic nitrogens is 1. The fraction of sp³-hybridized carbons (Fsp3) is 0.278. The third-order valence-electron chi connectivity index (χ3n) is 4.23. The Morgan fingerprint density at radius 1 is 1.22 bits per heavy atom. The number of amides is 1. The molecular formula is C18H20N4O4S. The number of nitrogens with zero attached hydrogens (tertiary/aromatic N) is 1. The number of benzene rings is 1. The highest BCUT2D eigenvalue weighted by Gasteiger charge is 2.29. The fourth-order valence-corrected chi connectivity index (χ4v) is 4.15. The number of pyridine rings is 1. The summed E-state index contributed by atoms with van der Waals surface area (Å²) in [6.07, 6.45) is 0.0796. The largest absolute Gasteiger partial charge is 0.352 e. The first kappa shape index (κ1) is 18.8. The van der Waals surface area contributed by atoms with Gasteiger partial charge in [0, 0.05) is 29.8 Å². The second-order valence-corrected chi connectivity index (χ2v) is 7.95.